The summed E-state index contributed by atoms with van der Waals surface area (Å²) in [5.41, 5.74) is 1.51. The van der Waals surface area contributed by atoms with Crippen molar-refractivity contribution in [2.24, 2.45) is 11.8 Å². The van der Waals surface area contributed by atoms with Crippen molar-refractivity contribution in [3.63, 3.8) is 0 Å². The highest BCUT2D eigenvalue weighted by molar-refractivity contribution is 5.88. The van der Waals surface area contributed by atoms with Crippen LogP contribution < -0.4 is 0 Å². The normalized spacial score (nSPS) is 32.6. The van der Waals surface area contributed by atoms with Crippen molar-refractivity contribution in [1.82, 2.24) is 0 Å². The molecule has 0 radical (unpaired) electrons. The van der Waals surface area contributed by atoms with Gasteiger partial charge in [-0.05, 0) is 72.5 Å². The molecule has 0 aromatic carbocycles. The molecule has 0 unspecified atom stereocenters. The summed E-state index contributed by atoms with van der Waals surface area (Å²) in [5.74, 6) is -1.75. The standard InChI is InChI=1S/C36H56O10/c1-11-26-19-23(6)27(38)15-13-12-14-22(5)34(42)43-28(25(8)37)17-16-21(4)18-24(7)31(26)44-35-30(40)29(39)32(36(9,10)46-35)45-33(41)20(2)3/h12-14,16,18-20,25-32,35,37-40H,11,15,17H2,1-10H3/t25-,26+,27+,28+,29-,30+,31+,32+,35-/m1/s1. The van der Waals surface area contributed by atoms with Gasteiger partial charge in [-0.1, -0.05) is 62.8 Å². The van der Waals surface area contributed by atoms with Gasteiger partial charge < -0.3 is 39.4 Å². The minimum absolute atomic E-state index is 0.262. The van der Waals surface area contributed by atoms with Crippen LogP contribution in [0.15, 0.2) is 58.7 Å². The van der Waals surface area contributed by atoms with Gasteiger partial charge in [-0.3, -0.25) is 4.79 Å². The minimum Gasteiger partial charge on any atom is -0.456 e. The zero-order chi connectivity index (χ0) is 34.9. The van der Waals surface area contributed by atoms with Crippen molar-refractivity contribution in [1.29, 1.82) is 0 Å². The minimum atomic E-state index is -1.52. The topological polar surface area (TPSA) is 152 Å². The van der Waals surface area contributed by atoms with Crippen molar-refractivity contribution < 1.29 is 49.0 Å². The molecule has 260 valence electrons. The van der Waals surface area contributed by atoms with E-state index in [1.54, 1.807) is 59.8 Å². The molecule has 0 saturated carbocycles. The van der Waals surface area contributed by atoms with Gasteiger partial charge in [-0.25, -0.2) is 4.79 Å². The molecule has 2 rings (SSSR count). The molecule has 46 heavy (non-hydrogen) atoms. The highest BCUT2D eigenvalue weighted by Crippen LogP contribution is 2.36. The predicted octanol–water partition coefficient (Wildman–Crippen LogP) is 4.61. The molecule has 2 heterocycles. The molecule has 0 aliphatic carbocycles. The van der Waals surface area contributed by atoms with E-state index < -0.39 is 72.5 Å². The van der Waals surface area contributed by atoms with Crippen LogP contribution in [0.5, 0.6) is 0 Å². The van der Waals surface area contributed by atoms with Gasteiger partial charge in [0.05, 0.1) is 24.2 Å². The summed E-state index contributed by atoms with van der Waals surface area (Å²) in [6.07, 6.45) is 3.49. The van der Waals surface area contributed by atoms with E-state index in [9.17, 15) is 30.0 Å². The van der Waals surface area contributed by atoms with E-state index in [1.807, 2.05) is 45.9 Å². The largest absolute Gasteiger partial charge is 0.456 e. The summed E-state index contributed by atoms with van der Waals surface area (Å²) in [6, 6.07) is 0. The van der Waals surface area contributed by atoms with Gasteiger partial charge >= 0.3 is 11.9 Å². The lowest BCUT2D eigenvalue weighted by atomic mass is 9.88. The van der Waals surface area contributed by atoms with Gasteiger partial charge in [-0.15, -0.1) is 0 Å². The number of hydrogen-bond acceptors (Lipinski definition) is 10. The first-order valence-corrected chi connectivity index (χ1v) is 16.2. The lowest BCUT2D eigenvalue weighted by Gasteiger charge is -2.47. The van der Waals surface area contributed by atoms with E-state index in [1.165, 1.54) is 0 Å². The van der Waals surface area contributed by atoms with E-state index in [-0.39, 0.29) is 12.3 Å². The number of aliphatic hydroxyl groups excluding tert-OH is 4. The number of allylic oxidation sites excluding steroid dienone is 4. The van der Waals surface area contributed by atoms with Crippen molar-refractivity contribution >= 4 is 11.9 Å². The van der Waals surface area contributed by atoms with Crippen molar-refractivity contribution in [3.8, 4) is 0 Å². The monoisotopic (exact) mass is 648 g/mol. The van der Waals surface area contributed by atoms with Gasteiger partial charge in [0.1, 0.15) is 23.9 Å². The summed E-state index contributed by atoms with van der Waals surface area (Å²) in [7, 11) is 0. The second-order valence-electron chi connectivity index (χ2n) is 13.4. The number of hydrogen-bond donors (Lipinski definition) is 4. The fraction of sp³-hybridized carbons (Fsp3) is 0.667. The predicted molar refractivity (Wildman–Crippen MR) is 175 cm³/mol. The third-order valence-corrected chi connectivity index (χ3v) is 8.44. The maximum atomic E-state index is 12.7. The third-order valence-electron chi connectivity index (χ3n) is 8.44. The molecule has 0 aromatic rings. The molecule has 1 saturated heterocycles. The number of carbonyl (C=O) groups is 2. The quantitative estimate of drug-likeness (QED) is 0.237. The Kier molecular flexibility index (Phi) is 15.1. The molecular weight excluding hydrogens is 592 g/mol. The van der Waals surface area contributed by atoms with E-state index in [4.69, 9.17) is 18.9 Å². The van der Waals surface area contributed by atoms with E-state index in [0.717, 1.165) is 16.7 Å². The molecule has 2 aliphatic rings. The van der Waals surface area contributed by atoms with Crippen LogP contribution in [-0.4, -0.2) is 87.0 Å². The molecule has 0 amide bonds. The maximum Gasteiger partial charge on any atom is 0.334 e. The van der Waals surface area contributed by atoms with Crippen LogP contribution in [-0.2, 0) is 28.5 Å². The van der Waals surface area contributed by atoms with Crippen LogP contribution in [0.3, 0.4) is 0 Å². The van der Waals surface area contributed by atoms with Crippen LogP contribution in [0, 0.1) is 11.8 Å². The summed E-state index contributed by atoms with van der Waals surface area (Å²) >= 11 is 0. The molecule has 0 aromatic heterocycles. The lowest BCUT2D eigenvalue weighted by molar-refractivity contribution is -0.333. The summed E-state index contributed by atoms with van der Waals surface area (Å²) in [6.45, 7) is 17.5. The smallest absolute Gasteiger partial charge is 0.334 e. The molecular formula is C36H56O10. The number of esters is 2. The van der Waals surface area contributed by atoms with Gasteiger partial charge in [0.15, 0.2) is 12.4 Å². The van der Waals surface area contributed by atoms with Crippen molar-refractivity contribution in [2.75, 3.05) is 0 Å². The Morgan fingerprint density at radius 1 is 1.04 bits per heavy atom. The van der Waals surface area contributed by atoms with Crippen LogP contribution in [0.25, 0.3) is 0 Å². The van der Waals surface area contributed by atoms with Crippen LogP contribution in [0.2, 0.25) is 0 Å². The van der Waals surface area contributed by atoms with Gasteiger partial charge in [-0.2, -0.15) is 0 Å². The zero-order valence-corrected chi connectivity index (χ0v) is 29.1. The second kappa shape index (κ2) is 17.5. The number of carbonyl (C=O) groups excluding carboxylic acids is 2. The van der Waals surface area contributed by atoms with Gasteiger partial charge in [0, 0.05) is 17.9 Å². The molecule has 10 nitrogen and oxygen atoms in total. The maximum absolute atomic E-state index is 12.7. The van der Waals surface area contributed by atoms with E-state index in [0.29, 0.717) is 18.4 Å². The first-order chi connectivity index (χ1) is 21.4. The van der Waals surface area contributed by atoms with Crippen molar-refractivity contribution in [2.45, 2.75) is 143 Å². The molecule has 9 atom stereocenters. The third kappa shape index (κ3) is 11.0. The first-order valence-electron chi connectivity index (χ1n) is 16.2. The number of cyclic esters (lactones) is 1. The molecule has 1 fully saturated rings. The second-order valence-corrected chi connectivity index (χ2v) is 13.4. The van der Waals surface area contributed by atoms with Crippen LogP contribution >= 0.6 is 0 Å². The van der Waals surface area contributed by atoms with Crippen molar-refractivity contribution in [3.05, 3.63) is 58.7 Å². The SMILES string of the molecule is CC[C@H]1C=C(C)[C@@H](O)CC=CC=C(C)C(=O)O[C@H]([C@@H](C)O)CC=C(C)C=C(C)[C@@H]1O[C@@H]1OC(C)(C)[C@@H](OC(=O)C(C)C)[C@H](O)[C@@H]1O. The van der Waals surface area contributed by atoms with Gasteiger partial charge in [0.2, 0.25) is 0 Å². The first kappa shape index (κ1) is 39.6. The zero-order valence-electron chi connectivity index (χ0n) is 29.1. The van der Waals surface area contributed by atoms with Crippen LogP contribution in [0.1, 0.15) is 88.5 Å². The molecule has 0 spiro atoms. The Morgan fingerprint density at radius 2 is 1.70 bits per heavy atom. The van der Waals surface area contributed by atoms with Crippen LogP contribution in [0.4, 0.5) is 0 Å². The molecule has 0 bridgehead atoms. The summed E-state index contributed by atoms with van der Waals surface area (Å²) in [5, 5.41) is 43.5. The molecule has 10 heteroatoms. The van der Waals surface area contributed by atoms with E-state index in [2.05, 4.69) is 0 Å². The van der Waals surface area contributed by atoms with E-state index >= 15 is 0 Å². The number of ether oxygens (including phenoxy) is 4. The highest BCUT2D eigenvalue weighted by atomic mass is 16.7. The Bertz CT molecular complexity index is 1190. The number of aliphatic hydroxyl groups is 4. The number of rotatable bonds is 6. The summed E-state index contributed by atoms with van der Waals surface area (Å²) in [4.78, 5) is 25.0. The Morgan fingerprint density at radius 3 is 2.28 bits per heavy atom. The Balaban J connectivity index is 2.55. The Hall–Kier alpha value is -2.60. The Labute approximate surface area is 274 Å². The highest BCUT2D eigenvalue weighted by Gasteiger charge is 2.52. The molecule has 4 N–H and O–H groups in total. The average Bonchev–Trinajstić information content (AvgIpc) is 2.98. The molecule has 2 aliphatic heterocycles. The fourth-order valence-electron chi connectivity index (χ4n) is 5.38. The average molecular weight is 649 g/mol. The van der Waals surface area contributed by atoms with Gasteiger partial charge in [0.25, 0.3) is 0 Å². The summed E-state index contributed by atoms with van der Waals surface area (Å²) < 4.78 is 23.8. The lowest BCUT2D eigenvalue weighted by Crippen LogP contribution is -2.64. The fourth-order valence-corrected chi connectivity index (χ4v) is 5.38.